The number of hydrogen-bond acceptors (Lipinski definition) is 7. The summed E-state index contributed by atoms with van der Waals surface area (Å²) in [5, 5.41) is 9.14. The quantitative estimate of drug-likeness (QED) is 0.737. The third-order valence-corrected chi connectivity index (χ3v) is 4.28. The van der Waals surface area contributed by atoms with Gasteiger partial charge in [-0.1, -0.05) is 5.16 Å². The first-order valence-corrected chi connectivity index (χ1v) is 8.57. The molecule has 27 heavy (non-hydrogen) atoms. The van der Waals surface area contributed by atoms with Crippen LogP contribution in [0.5, 0.6) is 0 Å². The third-order valence-electron chi connectivity index (χ3n) is 4.28. The maximum absolute atomic E-state index is 13.3. The molecule has 1 aliphatic rings. The molecule has 0 radical (unpaired) electrons. The summed E-state index contributed by atoms with van der Waals surface area (Å²) in [6.45, 7) is 1.09. The minimum atomic E-state index is -4.41. The number of nitrogens with one attached hydrogen (secondary N) is 2. The maximum Gasteiger partial charge on any atom is 0.405 e. The summed E-state index contributed by atoms with van der Waals surface area (Å²) in [5.41, 5.74) is 0.637. The number of amides is 1. The van der Waals surface area contributed by atoms with Crippen LogP contribution in [-0.2, 0) is 11.2 Å². The van der Waals surface area contributed by atoms with Gasteiger partial charge in [0.05, 0.1) is 11.8 Å². The second kappa shape index (κ2) is 8.53. The van der Waals surface area contributed by atoms with Crippen LogP contribution < -0.4 is 10.6 Å². The largest absolute Gasteiger partial charge is 0.472 e. The molecule has 0 saturated carbocycles. The van der Waals surface area contributed by atoms with E-state index in [1.54, 1.807) is 6.07 Å². The molecular formula is C16H20F3N5O3. The molecule has 8 nitrogen and oxygen atoms in total. The standard InChI is InChI=1S/C16H20F3N5O3/c17-16(18,19)12(24-6-4-20-5-7-24)9-21-13(25)1-2-14-22-15(23-27-14)11-3-8-26-10-11/h3,8,10,12,20H,1-2,4-7,9H2,(H,21,25). The Bertz CT molecular complexity index is 726. The zero-order valence-corrected chi connectivity index (χ0v) is 14.5. The molecule has 2 N–H and O–H groups in total. The van der Waals surface area contributed by atoms with Crippen LogP contribution in [0.2, 0.25) is 0 Å². The van der Waals surface area contributed by atoms with Crippen molar-refractivity contribution >= 4 is 5.91 Å². The normalized spacial score (nSPS) is 17.0. The Hall–Kier alpha value is -2.40. The number of furan rings is 1. The number of carbonyl (C=O) groups excluding carboxylic acids is 1. The van der Waals surface area contributed by atoms with Gasteiger partial charge in [-0.25, -0.2) is 0 Å². The highest BCUT2D eigenvalue weighted by Crippen LogP contribution is 2.24. The molecule has 1 fully saturated rings. The van der Waals surface area contributed by atoms with E-state index in [2.05, 4.69) is 20.8 Å². The summed E-state index contributed by atoms with van der Waals surface area (Å²) in [7, 11) is 0. The molecule has 3 heterocycles. The van der Waals surface area contributed by atoms with Crippen molar-refractivity contribution in [1.82, 2.24) is 25.7 Å². The Balaban J connectivity index is 1.48. The molecule has 1 saturated heterocycles. The molecule has 11 heteroatoms. The number of aromatic nitrogens is 2. The van der Waals surface area contributed by atoms with Gasteiger partial charge in [0, 0.05) is 45.6 Å². The maximum atomic E-state index is 13.3. The lowest BCUT2D eigenvalue weighted by Crippen LogP contribution is -2.57. The Morgan fingerprint density at radius 1 is 1.37 bits per heavy atom. The highest BCUT2D eigenvalue weighted by Gasteiger charge is 2.43. The first-order chi connectivity index (χ1) is 12.9. The van der Waals surface area contributed by atoms with Crippen LogP contribution >= 0.6 is 0 Å². The second-order valence-corrected chi connectivity index (χ2v) is 6.17. The van der Waals surface area contributed by atoms with Gasteiger partial charge < -0.3 is 19.6 Å². The van der Waals surface area contributed by atoms with Gasteiger partial charge in [0.25, 0.3) is 0 Å². The Morgan fingerprint density at radius 3 is 2.81 bits per heavy atom. The van der Waals surface area contributed by atoms with Crippen LogP contribution in [0, 0.1) is 0 Å². The Kier molecular flexibility index (Phi) is 6.11. The van der Waals surface area contributed by atoms with Gasteiger partial charge in [-0.05, 0) is 6.07 Å². The van der Waals surface area contributed by atoms with Gasteiger partial charge in [-0.3, -0.25) is 9.69 Å². The van der Waals surface area contributed by atoms with E-state index in [4.69, 9.17) is 8.94 Å². The van der Waals surface area contributed by atoms with Crippen LogP contribution in [0.1, 0.15) is 12.3 Å². The van der Waals surface area contributed by atoms with E-state index >= 15 is 0 Å². The van der Waals surface area contributed by atoms with E-state index in [1.807, 2.05) is 0 Å². The number of rotatable bonds is 7. The third kappa shape index (κ3) is 5.30. The van der Waals surface area contributed by atoms with E-state index in [0.717, 1.165) is 0 Å². The zero-order valence-electron chi connectivity index (χ0n) is 14.5. The van der Waals surface area contributed by atoms with E-state index in [0.29, 0.717) is 37.6 Å². The molecule has 2 aromatic rings. The van der Waals surface area contributed by atoms with Crippen LogP contribution in [0.15, 0.2) is 27.5 Å². The van der Waals surface area contributed by atoms with Crippen molar-refractivity contribution in [3.05, 3.63) is 24.5 Å². The number of alkyl halides is 3. The van der Waals surface area contributed by atoms with Crippen LogP contribution in [0.25, 0.3) is 11.4 Å². The summed E-state index contributed by atoms with van der Waals surface area (Å²) < 4.78 is 49.8. The van der Waals surface area contributed by atoms with E-state index in [-0.39, 0.29) is 18.7 Å². The SMILES string of the molecule is O=C(CCc1nc(-c2ccoc2)no1)NCC(N1CCNCC1)C(F)(F)F. The van der Waals surface area contributed by atoms with Gasteiger partial charge in [0.1, 0.15) is 12.3 Å². The van der Waals surface area contributed by atoms with Gasteiger partial charge in [0.2, 0.25) is 17.6 Å². The number of halogens is 3. The number of aryl methyl sites for hydroxylation is 1. The fourth-order valence-corrected chi connectivity index (χ4v) is 2.83. The summed E-state index contributed by atoms with van der Waals surface area (Å²) in [5.74, 6) is 0.0632. The topological polar surface area (TPSA) is 96.4 Å². The molecule has 0 aliphatic carbocycles. The molecule has 1 unspecified atom stereocenters. The smallest absolute Gasteiger partial charge is 0.405 e. The molecule has 0 spiro atoms. The first kappa shape index (κ1) is 19.4. The second-order valence-electron chi connectivity index (χ2n) is 6.17. The van der Waals surface area contributed by atoms with Gasteiger partial charge in [-0.15, -0.1) is 0 Å². The number of hydrogen-bond donors (Lipinski definition) is 2. The summed E-state index contributed by atoms with van der Waals surface area (Å²) in [6.07, 6.45) is -1.39. The van der Waals surface area contributed by atoms with Crippen molar-refractivity contribution in [1.29, 1.82) is 0 Å². The van der Waals surface area contributed by atoms with Crippen molar-refractivity contribution < 1.29 is 26.9 Å². The van der Waals surface area contributed by atoms with E-state index in [1.165, 1.54) is 17.4 Å². The molecule has 1 amide bonds. The Labute approximate surface area is 153 Å². The first-order valence-electron chi connectivity index (χ1n) is 8.57. The Morgan fingerprint density at radius 2 is 2.15 bits per heavy atom. The molecule has 1 atom stereocenters. The minimum absolute atomic E-state index is 0.0425. The highest BCUT2D eigenvalue weighted by atomic mass is 19.4. The lowest BCUT2D eigenvalue weighted by molar-refractivity contribution is -0.184. The number of nitrogens with zero attached hydrogens (tertiary/aromatic N) is 3. The van der Waals surface area contributed by atoms with Crippen molar-refractivity contribution in [2.45, 2.75) is 25.1 Å². The van der Waals surface area contributed by atoms with Crippen LogP contribution in [0.3, 0.4) is 0 Å². The van der Waals surface area contributed by atoms with Crippen LogP contribution in [-0.4, -0.2) is 65.9 Å². The molecule has 1 aliphatic heterocycles. The molecule has 148 valence electrons. The lowest BCUT2D eigenvalue weighted by Gasteiger charge is -2.35. The van der Waals surface area contributed by atoms with Crippen molar-refractivity contribution in [3.8, 4) is 11.4 Å². The molecule has 2 aromatic heterocycles. The van der Waals surface area contributed by atoms with Crippen molar-refractivity contribution in [3.63, 3.8) is 0 Å². The summed E-state index contributed by atoms with van der Waals surface area (Å²) >= 11 is 0. The fraction of sp³-hybridized carbons (Fsp3) is 0.562. The fourth-order valence-electron chi connectivity index (χ4n) is 2.83. The average Bonchev–Trinajstić information content (AvgIpc) is 3.31. The van der Waals surface area contributed by atoms with E-state index in [9.17, 15) is 18.0 Å². The molecular weight excluding hydrogens is 367 g/mol. The highest BCUT2D eigenvalue weighted by molar-refractivity contribution is 5.76. The van der Waals surface area contributed by atoms with Gasteiger partial charge >= 0.3 is 6.18 Å². The average molecular weight is 387 g/mol. The van der Waals surface area contributed by atoms with Crippen LogP contribution in [0.4, 0.5) is 13.2 Å². The number of carbonyl (C=O) groups is 1. The van der Waals surface area contributed by atoms with Gasteiger partial charge in [0.15, 0.2) is 0 Å². The zero-order chi connectivity index (χ0) is 19.3. The predicted molar refractivity (Wildman–Crippen MR) is 87.6 cm³/mol. The molecule has 0 aromatic carbocycles. The summed E-state index contributed by atoms with van der Waals surface area (Å²) in [4.78, 5) is 17.4. The molecule has 3 rings (SSSR count). The predicted octanol–water partition coefficient (Wildman–Crippen LogP) is 1.21. The van der Waals surface area contributed by atoms with Crippen molar-refractivity contribution in [2.24, 2.45) is 0 Å². The van der Waals surface area contributed by atoms with Crippen molar-refractivity contribution in [2.75, 3.05) is 32.7 Å². The monoisotopic (exact) mass is 387 g/mol. The lowest BCUT2D eigenvalue weighted by atomic mass is 10.2. The van der Waals surface area contributed by atoms with Gasteiger partial charge in [-0.2, -0.15) is 18.2 Å². The molecule has 0 bridgehead atoms. The minimum Gasteiger partial charge on any atom is -0.472 e. The summed E-state index contributed by atoms with van der Waals surface area (Å²) in [6, 6.07) is -0.0333. The number of piperazine rings is 1. The van der Waals surface area contributed by atoms with E-state index < -0.39 is 24.7 Å².